The van der Waals surface area contributed by atoms with Gasteiger partial charge in [-0.25, -0.2) is 0 Å². The molecule has 2 N–H and O–H groups in total. The fraction of sp³-hybridized carbons (Fsp3) is 0.250. The number of rotatable bonds is 4. The molecule has 0 saturated heterocycles. The summed E-state index contributed by atoms with van der Waals surface area (Å²) in [5, 5.41) is 0. The van der Waals surface area contributed by atoms with Gasteiger partial charge in [-0.15, -0.1) is 0 Å². The Kier molecular flexibility index (Phi) is 3.95. The van der Waals surface area contributed by atoms with Crippen molar-refractivity contribution < 1.29 is 4.79 Å². The number of benzene rings is 1. The third kappa shape index (κ3) is 3.19. The summed E-state index contributed by atoms with van der Waals surface area (Å²) < 4.78 is 0. The normalized spacial score (nSPS) is 10.4. The molecule has 2 aromatic rings. The zero-order valence-electron chi connectivity index (χ0n) is 11.3. The highest BCUT2D eigenvalue weighted by atomic mass is 16.1. The third-order valence-electron chi connectivity index (χ3n) is 3.24. The number of nitrogen functional groups attached to an aromatic ring is 1. The van der Waals surface area contributed by atoms with E-state index in [1.807, 2.05) is 37.4 Å². The van der Waals surface area contributed by atoms with Crippen molar-refractivity contribution in [3.05, 3.63) is 58.9 Å². The van der Waals surface area contributed by atoms with Gasteiger partial charge in [0.05, 0.1) is 6.42 Å². The van der Waals surface area contributed by atoms with Gasteiger partial charge >= 0.3 is 0 Å². The van der Waals surface area contributed by atoms with Crippen molar-refractivity contribution >= 4 is 11.5 Å². The average molecular weight is 254 g/mol. The highest BCUT2D eigenvalue weighted by Crippen LogP contribution is 2.15. The Balaban J connectivity index is 2.13. The summed E-state index contributed by atoms with van der Waals surface area (Å²) in [4.78, 5) is 16.4. The zero-order valence-corrected chi connectivity index (χ0v) is 11.3. The van der Waals surface area contributed by atoms with Crippen LogP contribution >= 0.6 is 0 Å². The summed E-state index contributed by atoms with van der Waals surface area (Å²) in [7, 11) is 0. The van der Waals surface area contributed by atoms with Crippen LogP contribution in [0.3, 0.4) is 0 Å². The minimum Gasteiger partial charge on any atom is -0.398 e. The smallest absolute Gasteiger partial charge is 0.168 e. The maximum atomic E-state index is 12.1. The molecule has 1 aromatic heterocycles. The Morgan fingerprint density at radius 2 is 2.05 bits per heavy atom. The highest BCUT2D eigenvalue weighted by Gasteiger charge is 2.09. The van der Waals surface area contributed by atoms with Gasteiger partial charge in [-0.3, -0.25) is 9.78 Å². The summed E-state index contributed by atoms with van der Waals surface area (Å²) in [6.07, 6.45) is 3.09. The topological polar surface area (TPSA) is 56.0 Å². The molecule has 1 heterocycles. The number of carbonyl (C=O) groups is 1. The monoisotopic (exact) mass is 254 g/mol. The summed E-state index contributed by atoms with van der Waals surface area (Å²) in [6.45, 7) is 4.01. The summed E-state index contributed by atoms with van der Waals surface area (Å²) in [6, 6.07) is 9.34. The van der Waals surface area contributed by atoms with Crippen LogP contribution < -0.4 is 5.73 Å². The second kappa shape index (κ2) is 5.65. The number of nitrogens with two attached hydrogens (primary N) is 1. The molecule has 0 spiro atoms. The number of ketones is 1. The first-order chi connectivity index (χ1) is 9.10. The Morgan fingerprint density at radius 3 is 2.63 bits per heavy atom. The Bertz CT molecular complexity index is 588. The number of carbonyl (C=O) groups excluding carboxylic acids is 1. The predicted octanol–water partition coefficient (Wildman–Crippen LogP) is 2.96. The molecule has 0 saturated carbocycles. The average Bonchev–Trinajstić information content (AvgIpc) is 2.42. The van der Waals surface area contributed by atoms with E-state index in [-0.39, 0.29) is 5.78 Å². The molecule has 98 valence electrons. The molecule has 19 heavy (non-hydrogen) atoms. The Labute approximate surface area is 113 Å². The van der Waals surface area contributed by atoms with E-state index >= 15 is 0 Å². The molecule has 0 aliphatic rings. The van der Waals surface area contributed by atoms with Gasteiger partial charge in [-0.2, -0.15) is 0 Å². The van der Waals surface area contributed by atoms with Crippen LogP contribution in [0.15, 0.2) is 36.5 Å². The largest absolute Gasteiger partial charge is 0.398 e. The lowest BCUT2D eigenvalue weighted by Crippen LogP contribution is -2.06. The molecule has 0 bridgehead atoms. The number of aromatic nitrogens is 1. The van der Waals surface area contributed by atoms with Crippen LogP contribution in [0.1, 0.15) is 34.1 Å². The van der Waals surface area contributed by atoms with Crippen LogP contribution in [-0.2, 0) is 12.8 Å². The van der Waals surface area contributed by atoms with Gasteiger partial charge in [0.1, 0.15) is 0 Å². The predicted molar refractivity (Wildman–Crippen MR) is 77.2 cm³/mol. The van der Waals surface area contributed by atoms with Crippen LogP contribution in [0.25, 0.3) is 0 Å². The number of Topliss-reactive ketones (excluding diaryl/α,β-unsaturated/α-hetero) is 1. The second-order valence-electron chi connectivity index (χ2n) is 4.68. The number of nitrogens with zero attached hydrogens (tertiary/aromatic N) is 1. The minimum absolute atomic E-state index is 0.0449. The highest BCUT2D eigenvalue weighted by molar-refractivity contribution is 5.98. The van der Waals surface area contributed by atoms with E-state index in [0.717, 1.165) is 17.7 Å². The number of anilines is 1. The molecule has 1 aromatic carbocycles. The molecule has 0 amide bonds. The fourth-order valence-corrected chi connectivity index (χ4v) is 1.85. The maximum absolute atomic E-state index is 12.1. The molecule has 0 aliphatic carbocycles. The number of hydrogen-bond acceptors (Lipinski definition) is 3. The summed E-state index contributed by atoms with van der Waals surface area (Å²) in [5.41, 5.74) is 10.1. The van der Waals surface area contributed by atoms with Crippen molar-refractivity contribution in [3.8, 4) is 0 Å². The van der Waals surface area contributed by atoms with E-state index in [9.17, 15) is 4.79 Å². The maximum Gasteiger partial charge on any atom is 0.168 e. The molecule has 0 fully saturated rings. The van der Waals surface area contributed by atoms with Gasteiger partial charge in [0.2, 0.25) is 0 Å². The van der Waals surface area contributed by atoms with E-state index in [2.05, 4.69) is 11.9 Å². The van der Waals surface area contributed by atoms with Crippen LogP contribution in [0.2, 0.25) is 0 Å². The van der Waals surface area contributed by atoms with Gasteiger partial charge in [0.15, 0.2) is 5.78 Å². The molecule has 0 radical (unpaired) electrons. The molecule has 3 nitrogen and oxygen atoms in total. The van der Waals surface area contributed by atoms with Gasteiger partial charge in [-0.1, -0.05) is 25.1 Å². The molecule has 3 heteroatoms. The SMILES string of the molecule is CCc1ccc(CC(=O)c2ccc(C)c(N)c2)nc1. The lowest BCUT2D eigenvalue weighted by molar-refractivity contribution is 0.0992. The van der Waals surface area contributed by atoms with Crippen LogP contribution in [0, 0.1) is 6.92 Å². The Hall–Kier alpha value is -2.16. The van der Waals surface area contributed by atoms with Gasteiger partial charge in [-0.05, 0) is 36.6 Å². The van der Waals surface area contributed by atoms with Gasteiger partial charge in [0.25, 0.3) is 0 Å². The minimum atomic E-state index is 0.0449. The molecular formula is C16H18N2O. The van der Waals surface area contributed by atoms with E-state index in [1.165, 1.54) is 5.56 Å². The zero-order chi connectivity index (χ0) is 13.8. The molecule has 2 rings (SSSR count). The van der Waals surface area contributed by atoms with Crippen molar-refractivity contribution in [2.24, 2.45) is 0 Å². The third-order valence-corrected chi connectivity index (χ3v) is 3.24. The lowest BCUT2D eigenvalue weighted by atomic mass is 10.0. The van der Waals surface area contributed by atoms with Crippen molar-refractivity contribution in [1.29, 1.82) is 0 Å². The molecular weight excluding hydrogens is 236 g/mol. The fourth-order valence-electron chi connectivity index (χ4n) is 1.85. The van der Waals surface area contributed by atoms with E-state index in [4.69, 9.17) is 5.73 Å². The van der Waals surface area contributed by atoms with Gasteiger partial charge in [0, 0.05) is 23.1 Å². The lowest BCUT2D eigenvalue weighted by Gasteiger charge is -2.05. The van der Waals surface area contributed by atoms with Crippen LogP contribution in [0.5, 0.6) is 0 Å². The first-order valence-electron chi connectivity index (χ1n) is 6.43. The van der Waals surface area contributed by atoms with Crippen LogP contribution in [0.4, 0.5) is 5.69 Å². The van der Waals surface area contributed by atoms with Gasteiger partial charge < -0.3 is 5.73 Å². The number of aryl methyl sites for hydroxylation is 2. The number of hydrogen-bond donors (Lipinski definition) is 1. The van der Waals surface area contributed by atoms with E-state index < -0.39 is 0 Å². The second-order valence-corrected chi connectivity index (χ2v) is 4.68. The number of pyridine rings is 1. The molecule has 0 unspecified atom stereocenters. The first-order valence-corrected chi connectivity index (χ1v) is 6.43. The standard InChI is InChI=1S/C16H18N2O/c1-3-12-5-7-14(18-10-12)9-16(19)13-6-4-11(2)15(17)8-13/h4-8,10H,3,9,17H2,1-2H3. The summed E-state index contributed by atoms with van der Waals surface area (Å²) in [5.74, 6) is 0.0449. The Morgan fingerprint density at radius 1 is 1.26 bits per heavy atom. The summed E-state index contributed by atoms with van der Waals surface area (Å²) >= 11 is 0. The first kappa shape index (κ1) is 13.3. The van der Waals surface area contributed by atoms with Crippen molar-refractivity contribution in [2.45, 2.75) is 26.7 Å². The van der Waals surface area contributed by atoms with E-state index in [0.29, 0.717) is 17.7 Å². The quantitative estimate of drug-likeness (QED) is 0.674. The van der Waals surface area contributed by atoms with Crippen molar-refractivity contribution in [3.63, 3.8) is 0 Å². The van der Waals surface area contributed by atoms with E-state index in [1.54, 1.807) is 6.07 Å². The van der Waals surface area contributed by atoms with Crippen molar-refractivity contribution in [2.75, 3.05) is 5.73 Å². The van der Waals surface area contributed by atoms with Crippen molar-refractivity contribution in [1.82, 2.24) is 4.98 Å². The van der Waals surface area contributed by atoms with Crippen LogP contribution in [-0.4, -0.2) is 10.8 Å². The molecule has 0 atom stereocenters. The molecule has 0 aliphatic heterocycles.